The highest BCUT2D eigenvalue weighted by Crippen LogP contribution is 2.60. The van der Waals surface area contributed by atoms with E-state index < -0.39 is 4.92 Å². The van der Waals surface area contributed by atoms with E-state index in [0.717, 1.165) is 71.1 Å². The van der Waals surface area contributed by atoms with E-state index in [2.05, 4.69) is 48.5 Å². The van der Waals surface area contributed by atoms with E-state index in [4.69, 9.17) is 4.74 Å². The number of nitrogens with zero attached hydrogens (tertiary/aromatic N) is 1. The third kappa shape index (κ3) is 17.4. The zero-order chi connectivity index (χ0) is 58.3. The minimum absolute atomic E-state index is 0.0203. The summed E-state index contributed by atoms with van der Waals surface area (Å²) in [4.78, 5) is 72.0. The van der Waals surface area contributed by atoms with Crippen LogP contribution in [-0.4, -0.2) is 103 Å². The summed E-state index contributed by atoms with van der Waals surface area (Å²) in [5, 5.41) is 10.5. The van der Waals surface area contributed by atoms with Crippen molar-refractivity contribution in [3.8, 4) is 16.9 Å². The number of benzene rings is 5. The van der Waals surface area contributed by atoms with E-state index in [-0.39, 0.29) is 50.4 Å². The van der Waals surface area contributed by atoms with Crippen molar-refractivity contribution in [3.05, 3.63) is 165 Å². The molecule has 5 aliphatic carbocycles. The SMILES string of the molecule is O=C(C[S+]1CCCC1)c1ccc(-c2ccccc2)cc1.O=C(C[S+]1CCCC1)c1ccc(C2CCCCC2)cc1.O=C(C[S+]1CCCC1)c1ccc(OC(=O)C23CC4CC(CC(C4)C2)C3)cc1.O=C(C[S+]1CCCC1)c1ccc([N+](=O)[O-])cc1. The van der Waals surface area contributed by atoms with Crippen LogP contribution in [0.1, 0.15) is 175 Å². The standard InChI is InChI=1S/C23H29O3S.C18H25OS.C18H19OS.C12H14NO3S/c24-21(15-27-7-1-2-8-27)19-3-5-20(6-4-19)26-22(25)23-12-16-9-17(13-23)11-18(10-16)14-23;2*19-18(14-20-12-4-5-13-20)17-10-8-16(9-11-17)15-6-2-1-3-7-15;14-12(9-17-7-1-2-8-17)10-3-5-11(6-4-10)13(15)16/h3-6,16-18H,1-2,7-15H2;8-11,15H,1-7,12-14H2;1-3,6-11H,4-5,12-14H2;3-6H,1-2,7-9H2/q4*+1. The first-order valence-electron chi connectivity index (χ1n) is 31.4. The largest absolute Gasteiger partial charge is 0.426 e. The van der Waals surface area contributed by atoms with Crippen molar-refractivity contribution in [1.82, 2.24) is 0 Å². The molecule has 5 aromatic rings. The quantitative estimate of drug-likeness (QED) is 0.0224. The highest BCUT2D eigenvalue weighted by molar-refractivity contribution is 7.98. The van der Waals surface area contributed by atoms with Crippen LogP contribution >= 0.6 is 0 Å². The van der Waals surface area contributed by atoms with E-state index in [1.54, 1.807) is 12.1 Å². The predicted molar refractivity (Wildman–Crippen MR) is 352 cm³/mol. The Morgan fingerprint density at radius 2 is 0.774 bits per heavy atom. The van der Waals surface area contributed by atoms with Crippen LogP contribution in [-0.2, 0) is 48.4 Å². The third-order valence-corrected chi connectivity index (χ3v) is 28.3. The van der Waals surface area contributed by atoms with Crippen LogP contribution < -0.4 is 4.74 Å². The normalized spacial score (nSPS) is 23.1. The highest BCUT2D eigenvalue weighted by atomic mass is 32.2. The number of Topliss-reactive ketones (excluding diaryl/α,β-unsaturated/α-hetero) is 4. The molecule has 444 valence electrons. The first-order chi connectivity index (χ1) is 40.9. The number of carbonyl (C=O) groups is 5. The van der Waals surface area contributed by atoms with Gasteiger partial charge < -0.3 is 4.74 Å². The second-order valence-electron chi connectivity index (χ2n) is 25.0. The maximum atomic E-state index is 13.0. The van der Waals surface area contributed by atoms with E-state index in [9.17, 15) is 34.1 Å². The number of ketones is 4. The second kappa shape index (κ2) is 30.6. The Morgan fingerprint density at radius 3 is 1.15 bits per heavy atom. The summed E-state index contributed by atoms with van der Waals surface area (Å²) in [7, 11) is 1.26. The molecule has 9 aliphatic rings. The molecule has 0 N–H and O–H groups in total. The Balaban J connectivity index is 0.000000127. The molecule has 84 heavy (non-hydrogen) atoms. The van der Waals surface area contributed by atoms with Crippen LogP contribution in [0.4, 0.5) is 5.69 Å². The van der Waals surface area contributed by atoms with Gasteiger partial charge in [-0.05, 0) is 223 Å². The van der Waals surface area contributed by atoms with Crippen molar-refractivity contribution in [3.63, 3.8) is 0 Å². The van der Waals surface area contributed by atoms with Gasteiger partial charge in [-0.1, -0.05) is 98.1 Å². The molecule has 0 radical (unpaired) electrons. The molecule has 0 aromatic heterocycles. The van der Waals surface area contributed by atoms with Gasteiger partial charge in [-0.25, -0.2) is 0 Å². The smallest absolute Gasteiger partial charge is 0.317 e. The van der Waals surface area contributed by atoms with Crippen LogP contribution in [0.3, 0.4) is 0 Å². The van der Waals surface area contributed by atoms with Gasteiger partial charge in [0.15, 0.2) is 23.0 Å². The maximum absolute atomic E-state index is 13.0. The van der Waals surface area contributed by atoms with Crippen LogP contribution in [0, 0.1) is 33.3 Å². The van der Waals surface area contributed by atoms with Crippen LogP contribution in [0.5, 0.6) is 5.75 Å². The number of hydrogen-bond acceptors (Lipinski definition) is 8. The van der Waals surface area contributed by atoms with Crippen molar-refractivity contribution in [2.45, 2.75) is 128 Å². The number of nitro groups is 1. The molecule has 9 nitrogen and oxygen atoms in total. The predicted octanol–water partition coefficient (Wildman–Crippen LogP) is 14.9. The third-order valence-electron chi connectivity index (χ3n) is 18.7. The molecule has 4 saturated heterocycles. The zero-order valence-electron chi connectivity index (χ0n) is 49.2. The molecule has 4 heterocycles. The van der Waals surface area contributed by atoms with Gasteiger partial charge in [-0.2, -0.15) is 0 Å². The lowest BCUT2D eigenvalue weighted by Crippen LogP contribution is -2.51. The Morgan fingerprint density at radius 1 is 0.429 bits per heavy atom. The molecule has 0 atom stereocenters. The molecule has 0 amide bonds. The molecule has 0 unspecified atom stereocenters. The molecular formula is C71H87NO8S4+4. The number of hydrogen-bond donors (Lipinski definition) is 0. The summed E-state index contributed by atoms with van der Waals surface area (Å²) in [6.45, 7) is 0. The van der Waals surface area contributed by atoms with Gasteiger partial charge >= 0.3 is 5.97 Å². The molecule has 5 aromatic carbocycles. The molecule has 4 bridgehead atoms. The van der Waals surface area contributed by atoms with Gasteiger partial charge in [0, 0.05) is 34.4 Å². The van der Waals surface area contributed by atoms with Crippen molar-refractivity contribution >= 4 is 78.4 Å². The van der Waals surface area contributed by atoms with Crippen molar-refractivity contribution < 1.29 is 33.6 Å². The van der Waals surface area contributed by atoms with E-state index in [0.29, 0.717) is 56.2 Å². The molecule has 14 rings (SSSR count). The van der Waals surface area contributed by atoms with Gasteiger partial charge in [0.2, 0.25) is 23.1 Å². The zero-order valence-corrected chi connectivity index (χ0v) is 52.5. The first kappa shape index (κ1) is 62.1. The number of carbonyl (C=O) groups excluding carboxylic acids is 5. The van der Waals surface area contributed by atoms with Crippen molar-refractivity contribution in [2.75, 3.05) is 69.0 Å². The van der Waals surface area contributed by atoms with Crippen LogP contribution in [0.2, 0.25) is 0 Å². The second-order valence-corrected chi connectivity index (χ2v) is 34.3. The van der Waals surface area contributed by atoms with Crippen LogP contribution in [0.25, 0.3) is 11.1 Å². The van der Waals surface area contributed by atoms with Gasteiger partial charge in [0.1, 0.15) is 51.8 Å². The van der Waals surface area contributed by atoms with Gasteiger partial charge in [0.25, 0.3) is 5.69 Å². The summed E-state index contributed by atoms with van der Waals surface area (Å²) in [6, 6.07) is 40.1. The Hall–Kier alpha value is -4.95. The molecule has 4 aliphatic heterocycles. The number of rotatable bonds is 17. The summed E-state index contributed by atoms with van der Waals surface area (Å²) < 4.78 is 5.82. The lowest BCUT2D eigenvalue weighted by Gasteiger charge is -2.55. The lowest BCUT2D eigenvalue weighted by atomic mass is 9.49. The Kier molecular flexibility index (Phi) is 22.6. The molecular weight excluding hydrogens is 1120 g/mol. The fourth-order valence-corrected chi connectivity index (χ4v) is 23.4. The summed E-state index contributed by atoms with van der Waals surface area (Å²) in [5.41, 5.74) is 6.77. The summed E-state index contributed by atoms with van der Waals surface area (Å²) in [6.07, 6.45) is 24.1. The number of non-ortho nitro benzene ring substituents is 1. The lowest BCUT2D eigenvalue weighted by molar-refractivity contribution is -0.384. The van der Waals surface area contributed by atoms with Gasteiger partial charge in [-0.3, -0.25) is 34.1 Å². The fourth-order valence-electron chi connectivity index (χ4n) is 14.4. The first-order valence-corrected chi connectivity index (χ1v) is 38.4. The van der Waals surface area contributed by atoms with Crippen molar-refractivity contribution in [1.29, 1.82) is 0 Å². The number of nitro benzene ring substituents is 1. The Bertz CT molecular complexity index is 2940. The molecule has 5 saturated carbocycles. The highest BCUT2D eigenvalue weighted by Gasteiger charge is 2.55. The fraction of sp³-hybridized carbons (Fsp3) is 0.507. The van der Waals surface area contributed by atoms with Crippen molar-refractivity contribution in [2.24, 2.45) is 23.2 Å². The number of ether oxygens (including phenoxy) is 1. The summed E-state index contributed by atoms with van der Waals surface area (Å²) in [5.74, 6) is 17.2. The number of esters is 1. The minimum Gasteiger partial charge on any atom is -0.426 e. The maximum Gasteiger partial charge on any atom is 0.317 e. The average Bonchev–Trinajstić information content (AvgIpc) is 1.42. The van der Waals surface area contributed by atoms with E-state index in [1.807, 2.05) is 54.6 Å². The van der Waals surface area contributed by atoms with Gasteiger partial charge in [-0.15, -0.1) is 0 Å². The minimum atomic E-state index is -0.451. The average molecular weight is 1210 g/mol. The monoisotopic (exact) mass is 1210 g/mol. The molecule has 9 fully saturated rings. The van der Waals surface area contributed by atoms with E-state index in [1.165, 1.54) is 178 Å². The molecule has 0 spiro atoms. The van der Waals surface area contributed by atoms with E-state index >= 15 is 0 Å². The Labute approximate surface area is 511 Å². The summed E-state index contributed by atoms with van der Waals surface area (Å²) >= 11 is 0. The topological polar surface area (TPSA) is 138 Å². The van der Waals surface area contributed by atoms with Gasteiger partial charge in [0.05, 0.1) is 10.3 Å². The molecule has 13 heteroatoms. The van der Waals surface area contributed by atoms with Crippen LogP contribution in [0.15, 0.2) is 127 Å².